The van der Waals surface area contributed by atoms with E-state index in [1.165, 1.54) is 12.7 Å². The first-order chi connectivity index (χ1) is 8.06. The van der Waals surface area contributed by atoms with Gasteiger partial charge < -0.3 is 4.74 Å². The third-order valence-corrected chi connectivity index (χ3v) is 3.27. The summed E-state index contributed by atoms with van der Waals surface area (Å²) in [7, 11) is 3.46. The maximum Gasteiger partial charge on any atom is 0.309 e. The van der Waals surface area contributed by atoms with Gasteiger partial charge in [0.15, 0.2) is 0 Å². The first-order valence-corrected chi connectivity index (χ1v) is 5.88. The van der Waals surface area contributed by atoms with Crippen LogP contribution in [0.25, 0.3) is 0 Å². The average molecular weight is 235 g/mol. The molecule has 3 nitrogen and oxygen atoms in total. The van der Waals surface area contributed by atoms with Crippen molar-refractivity contribution in [2.24, 2.45) is 5.92 Å². The van der Waals surface area contributed by atoms with Gasteiger partial charge in [-0.3, -0.25) is 9.69 Å². The largest absolute Gasteiger partial charge is 0.469 e. The molecule has 0 saturated heterocycles. The summed E-state index contributed by atoms with van der Waals surface area (Å²) in [6.07, 6.45) is 0. The number of benzene rings is 1. The zero-order chi connectivity index (χ0) is 12.8. The Hall–Kier alpha value is -1.35. The molecule has 0 aliphatic rings. The molecule has 0 N–H and O–H groups in total. The van der Waals surface area contributed by atoms with Gasteiger partial charge in [0.1, 0.15) is 0 Å². The molecule has 0 amide bonds. The van der Waals surface area contributed by atoms with E-state index < -0.39 is 0 Å². The number of rotatable bonds is 5. The van der Waals surface area contributed by atoms with Crippen molar-refractivity contribution in [2.75, 3.05) is 14.2 Å². The second kappa shape index (κ2) is 6.40. The molecule has 94 valence electrons. The Morgan fingerprint density at radius 3 is 2.41 bits per heavy atom. The summed E-state index contributed by atoms with van der Waals surface area (Å²) in [4.78, 5) is 13.6. The number of ether oxygens (including phenoxy) is 1. The second-order valence-corrected chi connectivity index (χ2v) is 4.45. The second-order valence-electron chi connectivity index (χ2n) is 4.45. The molecule has 0 aliphatic carbocycles. The van der Waals surface area contributed by atoms with Crippen molar-refractivity contribution in [1.29, 1.82) is 0 Å². The van der Waals surface area contributed by atoms with E-state index in [4.69, 9.17) is 4.74 Å². The van der Waals surface area contributed by atoms with E-state index in [-0.39, 0.29) is 17.9 Å². The molecule has 0 heterocycles. The van der Waals surface area contributed by atoms with Crippen LogP contribution in [0.1, 0.15) is 19.4 Å². The van der Waals surface area contributed by atoms with Gasteiger partial charge in [0.05, 0.1) is 13.0 Å². The van der Waals surface area contributed by atoms with Crippen molar-refractivity contribution in [2.45, 2.75) is 26.4 Å². The van der Waals surface area contributed by atoms with Gasteiger partial charge in [-0.05, 0) is 19.5 Å². The SMILES string of the molecule is COC(=O)C(C)C(C)N(C)Cc1ccccc1. The fourth-order valence-electron chi connectivity index (χ4n) is 1.78. The Kier molecular flexibility index (Phi) is 5.16. The van der Waals surface area contributed by atoms with Gasteiger partial charge >= 0.3 is 5.97 Å². The van der Waals surface area contributed by atoms with Gasteiger partial charge in [-0.25, -0.2) is 0 Å². The van der Waals surface area contributed by atoms with Gasteiger partial charge in [-0.2, -0.15) is 0 Å². The predicted molar refractivity (Wildman–Crippen MR) is 68.6 cm³/mol. The maximum absolute atomic E-state index is 11.5. The Morgan fingerprint density at radius 2 is 1.88 bits per heavy atom. The van der Waals surface area contributed by atoms with Gasteiger partial charge in [-0.1, -0.05) is 37.3 Å². The van der Waals surface area contributed by atoms with Gasteiger partial charge in [-0.15, -0.1) is 0 Å². The molecule has 1 aromatic rings. The minimum absolute atomic E-state index is 0.117. The molecule has 1 aromatic carbocycles. The minimum Gasteiger partial charge on any atom is -0.469 e. The Bertz CT molecular complexity index is 350. The van der Waals surface area contributed by atoms with Crippen LogP contribution < -0.4 is 0 Å². The first-order valence-electron chi connectivity index (χ1n) is 5.88. The molecule has 0 saturated carbocycles. The van der Waals surface area contributed by atoms with E-state index in [0.717, 1.165) is 6.54 Å². The Morgan fingerprint density at radius 1 is 1.29 bits per heavy atom. The van der Waals surface area contributed by atoms with Gasteiger partial charge in [0, 0.05) is 12.6 Å². The summed E-state index contributed by atoms with van der Waals surface area (Å²) in [5, 5.41) is 0. The maximum atomic E-state index is 11.5. The average Bonchev–Trinajstić information content (AvgIpc) is 2.37. The molecule has 0 fully saturated rings. The zero-order valence-corrected chi connectivity index (χ0v) is 11.0. The lowest BCUT2D eigenvalue weighted by molar-refractivity contribution is -0.146. The highest BCUT2D eigenvalue weighted by molar-refractivity contribution is 5.72. The molecule has 0 spiro atoms. The van der Waals surface area contributed by atoms with Crippen molar-refractivity contribution in [3.05, 3.63) is 35.9 Å². The summed E-state index contributed by atoms with van der Waals surface area (Å²) in [6, 6.07) is 10.4. The minimum atomic E-state index is -0.155. The van der Waals surface area contributed by atoms with Crippen molar-refractivity contribution in [3.63, 3.8) is 0 Å². The molecule has 2 unspecified atom stereocenters. The quantitative estimate of drug-likeness (QED) is 0.733. The Balaban J connectivity index is 2.58. The topological polar surface area (TPSA) is 29.5 Å². The number of hydrogen-bond acceptors (Lipinski definition) is 3. The van der Waals surface area contributed by atoms with Crippen LogP contribution in [-0.4, -0.2) is 31.1 Å². The van der Waals surface area contributed by atoms with Crippen molar-refractivity contribution >= 4 is 5.97 Å². The molecule has 0 bridgehead atoms. The normalized spacial score (nSPS) is 14.4. The van der Waals surface area contributed by atoms with E-state index in [2.05, 4.69) is 17.0 Å². The molecule has 3 heteroatoms. The number of nitrogens with zero attached hydrogens (tertiary/aromatic N) is 1. The number of carbonyl (C=O) groups excluding carboxylic acids is 1. The fourth-order valence-corrected chi connectivity index (χ4v) is 1.78. The number of esters is 1. The highest BCUT2D eigenvalue weighted by atomic mass is 16.5. The van der Waals surface area contributed by atoms with E-state index in [0.29, 0.717) is 0 Å². The molecular weight excluding hydrogens is 214 g/mol. The molecule has 1 rings (SSSR count). The van der Waals surface area contributed by atoms with Crippen LogP contribution in [-0.2, 0) is 16.1 Å². The van der Waals surface area contributed by atoms with Crippen LogP contribution in [0.15, 0.2) is 30.3 Å². The van der Waals surface area contributed by atoms with E-state index in [9.17, 15) is 4.79 Å². The summed E-state index contributed by atoms with van der Waals surface area (Å²) in [5.41, 5.74) is 1.25. The van der Waals surface area contributed by atoms with Crippen molar-refractivity contribution in [3.8, 4) is 0 Å². The highest BCUT2D eigenvalue weighted by Gasteiger charge is 2.23. The number of hydrogen-bond donors (Lipinski definition) is 0. The lowest BCUT2D eigenvalue weighted by Gasteiger charge is -2.28. The number of methoxy groups -OCH3 is 1. The van der Waals surface area contributed by atoms with Gasteiger partial charge in [0.2, 0.25) is 0 Å². The summed E-state index contributed by atoms with van der Waals surface area (Å²) in [5.74, 6) is -0.272. The summed E-state index contributed by atoms with van der Waals surface area (Å²) >= 11 is 0. The predicted octanol–water partition coefficient (Wildman–Crippen LogP) is 2.32. The Labute approximate surface area is 103 Å². The molecule has 17 heavy (non-hydrogen) atoms. The summed E-state index contributed by atoms with van der Waals surface area (Å²) < 4.78 is 4.77. The van der Waals surface area contributed by atoms with Crippen molar-refractivity contribution in [1.82, 2.24) is 4.90 Å². The lowest BCUT2D eigenvalue weighted by atomic mass is 10.0. The van der Waals surface area contributed by atoms with Gasteiger partial charge in [0.25, 0.3) is 0 Å². The van der Waals surface area contributed by atoms with Crippen LogP contribution >= 0.6 is 0 Å². The highest BCUT2D eigenvalue weighted by Crippen LogP contribution is 2.13. The van der Waals surface area contributed by atoms with E-state index >= 15 is 0 Å². The van der Waals surface area contributed by atoms with E-state index in [1.54, 1.807) is 0 Å². The fraction of sp³-hybridized carbons (Fsp3) is 0.500. The zero-order valence-electron chi connectivity index (χ0n) is 11.0. The molecular formula is C14H21NO2. The third kappa shape index (κ3) is 3.86. The summed E-state index contributed by atoms with van der Waals surface area (Å²) in [6.45, 7) is 4.78. The van der Waals surface area contributed by atoms with Crippen LogP contribution in [0, 0.1) is 5.92 Å². The smallest absolute Gasteiger partial charge is 0.309 e. The first kappa shape index (κ1) is 13.7. The molecule has 2 atom stereocenters. The van der Waals surface area contributed by atoms with E-state index in [1.807, 2.05) is 39.1 Å². The van der Waals surface area contributed by atoms with Crippen LogP contribution in [0.5, 0.6) is 0 Å². The monoisotopic (exact) mass is 235 g/mol. The van der Waals surface area contributed by atoms with Crippen LogP contribution in [0.2, 0.25) is 0 Å². The third-order valence-electron chi connectivity index (χ3n) is 3.27. The molecule has 0 radical (unpaired) electrons. The number of carbonyl (C=O) groups is 1. The molecule has 0 aliphatic heterocycles. The lowest BCUT2D eigenvalue weighted by Crippen LogP contribution is -2.37. The van der Waals surface area contributed by atoms with Crippen molar-refractivity contribution < 1.29 is 9.53 Å². The van der Waals surface area contributed by atoms with Crippen LogP contribution in [0.4, 0.5) is 0 Å². The van der Waals surface area contributed by atoms with Crippen LogP contribution in [0.3, 0.4) is 0 Å². The standard InChI is InChI=1S/C14H21NO2/c1-11(14(16)17-4)12(2)15(3)10-13-8-6-5-7-9-13/h5-9,11-12H,10H2,1-4H3. The molecule has 0 aromatic heterocycles.